The van der Waals surface area contributed by atoms with Crippen molar-refractivity contribution in [2.45, 2.75) is 13.8 Å². The molecule has 3 aromatic rings. The van der Waals surface area contributed by atoms with Crippen LogP contribution in [-0.2, 0) is 0 Å². The number of nitrogens with one attached hydrogen (secondary N) is 2. The molecule has 0 aliphatic carbocycles. The average molecular weight is 282 g/mol. The molecule has 0 spiro atoms. The summed E-state index contributed by atoms with van der Waals surface area (Å²) in [5.41, 5.74) is 2.84. The van der Waals surface area contributed by atoms with E-state index in [1.807, 2.05) is 30.3 Å². The monoisotopic (exact) mass is 282 g/mol. The molecule has 0 aliphatic rings. The van der Waals surface area contributed by atoms with Crippen LogP contribution in [0, 0.1) is 13.8 Å². The van der Waals surface area contributed by atoms with Crippen molar-refractivity contribution in [1.29, 1.82) is 0 Å². The van der Waals surface area contributed by atoms with Crippen LogP contribution in [0.15, 0.2) is 40.9 Å². The van der Waals surface area contributed by atoms with E-state index < -0.39 is 0 Å². The van der Waals surface area contributed by atoms with Crippen LogP contribution < -0.4 is 5.32 Å². The molecule has 2 aromatic heterocycles. The maximum absolute atomic E-state index is 12.2. The van der Waals surface area contributed by atoms with Crippen molar-refractivity contribution in [2.75, 3.05) is 5.32 Å². The highest BCUT2D eigenvalue weighted by Crippen LogP contribution is 2.20. The Bertz CT molecular complexity index is 755. The van der Waals surface area contributed by atoms with Gasteiger partial charge >= 0.3 is 0 Å². The summed E-state index contributed by atoms with van der Waals surface area (Å²) in [4.78, 5) is 12.2. The number of anilines is 1. The van der Waals surface area contributed by atoms with E-state index in [2.05, 4.69) is 20.7 Å². The first-order chi connectivity index (χ1) is 10.1. The van der Waals surface area contributed by atoms with E-state index >= 15 is 0 Å². The van der Waals surface area contributed by atoms with Gasteiger partial charge in [0.25, 0.3) is 5.91 Å². The SMILES string of the molecule is Cc1noc(C)c1C(=O)Nc1cc(-c2ccccc2)[nH]n1. The third kappa shape index (κ3) is 2.55. The molecule has 0 unspecified atom stereocenters. The van der Waals surface area contributed by atoms with Crippen LogP contribution in [0.5, 0.6) is 0 Å². The predicted octanol–water partition coefficient (Wildman–Crippen LogP) is 2.93. The second-order valence-corrected chi connectivity index (χ2v) is 4.69. The molecule has 0 atom stereocenters. The summed E-state index contributed by atoms with van der Waals surface area (Å²) in [7, 11) is 0. The fourth-order valence-corrected chi connectivity index (χ4v) is 2.14. The zero-order chi connectivity index (χ0) is 14.8. The Morgan fingerprint density at radius 2 is 2.00 bits per heavy atom. The zero-order valence-corrected chi connectivity index (χ0v) is 11.7. The molecule has 106 valence electrons. The third-order valence-corrected chi connectivity index (χ3v) is 3.16. The van der Waals surface area contributed by atoms with E-state index in [4.69, 9.17) is 4.52 Å². The van der Waals surface area contributed by atoms with Crippen molar-refractivity contribution in [3.05, 3.63) is 53.4 Å². The number of rotatable bonds is 3. The Morgan fingerprint density at radius 1 is 1.24 bits per heavy atom. The molecule has 6 nitrogen and oxygen atoms in total. The van der Waals surface area contributed by atoms with Crippen LogP contribution in [0.25, 0.3) is 11.3 Å². The molecular weight excluding hydrogens is 268 g/mol. The molecule has 1 aromatic carbocycles. The molecular formula is C15H14N4O2. The van der Waals surface area contributed by atoms with E-state index in [1.54, 1.807) is 19.9 Å². The quantitative estimate of drug-likeness (QED) is 0.773. The van der Waals surface area contributed by atoms with Crippen LogP contribution in [-0.4, -0.2) is 21.3 Å². The van der Waals surface area contributed by atoms with Crippen molar-refractivity contribution in [3.63, 3.8) is 0 Å². The molecule has 2 heterocycles. The van der Waals surface area contributed by atoms with Gasteiger partial charge in [0.05, 0.1) is 11.4 Å². The van der Waals surface area contributed by atoms with Crippen LogP contribution in [0.3, 0.4) is 0 Å². The van der Waals surface area contributed by atoms with Crippen LogP contribution in [0.1, 0.15) is 21.8 Å². The number of aromatic amines is 1. The number of hydrogen-bond acceptors (Lipinski definition) is 4. The summed E-state index contributed by atoms with van der Waals surface area (Å²) in [6, 6.07) is 11.5. The lowest BCUT2D eigenvalue weighted by Gasteiger charge is -2.00. The molecule has 0 fully saturated rings. The van der Waals surface area contributed by atoms with E-state index in [-0.39, 0.29) is 5.91 Å². The lowest BCUT2D eigenvalue weighted by atomic mass is 10.1. The van der Waals surface area contributed by atoms with Crippen LogP contribution in [0.2, 0.25) is 0 Å². The number of hydrogen-bond donors (Lipinski definition) is 2. The minimum atomic E-state index is -0.280. The average Bonchev–Trinajstić information content (AvgIpc) is 3.07. The van der Waals surface area contributed by atoms with Crippen molar-refractivity contribution in [3.8, 4) is 11.3 Å². The molecule has 6 heteroatoms. The van der Waals surface area contributed by atoms with Crippen molar-refractivity contribution in [1.82, 2.24) is 15.4 Å². The number of nitrogens with zero attached hydrogens (tertiary/aromatic N) is 2. The number of carbonyl (C=O) groups excluding carboxylic acids is 1. The number of aromatic nitrogens is 3. The van der Waals surface area contributed by atoms with Gasteiger partial charge in [0.1, 0.15) is 11.3 Å². The Labute approximate surface area is 121 Å². The van der Waals surface area contributed by atoms with E-state index in [9.17, 15) is 4.79 Å². The number of H-pyrrole nitrogens is 1. The second-order valence-electron chi connectivity index (χ2n) is 4.69. The van der Waals surface area contributed by atoms with Gasteiger partial charge in [-0.25, -0.2) is 0 Å². The minimum absolute atomic E-state index is 0.280. The Morgan fingerprint density at radius 3 is 2.67 bits per heavy atom. The topological polar surface area (TPSA) is 83.8 Å². The second kappa shape index (κ2) is 5.24. The Kier molecular flexibility index (Phi) is 3.27. The van der Waals surface area contributed by atoms with Crippen molar-refractivity contribution in [2.24, 2.45) is 0 Å². The number of benzene rings is 1. The molecule has 3 rings (SSSR count). The molecule has 0 saturated carbocycles. The van der Waals surface area contributed by atoms with E-state index in [1.165, 1.54) is 0 Å². The van der Waals surface area contributed by atoms with Gasteiger partial charge in [-0.05, 0) is 19.4 Å². The van der Waals surface area contributed by atoms with Gasteiger partial charge in [-0.2, -0.15) is 5.10 Å². The van der Waals surface area contributed by atoms with Crippen LogP contribution >= 0.6 is 0 Å². The summed E-state index contributed by atoms with van der Waals surface area (Å²) >= 11 is 0. The van der Waals surface area contributed by atoms with Gasteiger partial charge in [0.2, 0.25) is 0 Å². The Balaban J connectivity index is 1.81. The highest BCUT2D eigenvalue weighted by molar-refractivity contribution is 6.05. The van der Waals surface area contributed by atoms with Gasteiger partial charge in [-0.15, -0.1) is 0 Å². The summed E-state index contributed by atoms with van der Waals surface area (Å²) in [5.74, 6) is 0.667. The largest absolute Gasteiger partial charge is 0.361 e. The summed E-state index contributed by atoms with van der Waals surface area (Å²) < 4.78 is 4.99. The zero-order valence-electron chi connectivity index (χ0n) is 11.7. The van der Waals surface area contributed by atoms with Gasteiger partial charge in [0, 0.05) is 6.07 Å². The van der Waals surface area contributed by atoms with E-state index in [0.29, 0.717) is 22.8 Å². The molecule has 1 amide bonds. The van der Waals surface area contributed by atoms with Crippen LogP contribution in [0.4, 0.5) is 5.82 Å². The molecule has 0 aliphatic heterocycles. The molecule has 2 N–H and O–H groups in total. The predicted molar refractivity (Wildman–Crippen MR) is 78.0 cm³/mol. The molecule has 21 heavy (non-hydrogen) atoms. The first-order valence-electron chi connectivity index (χ1n) is 6.50. The summed E-state index contributed by atoms with van der Waals surface area (Å²) in [6.45, 7) is 3.43. The van der Waals surface area contributed by atoms with Gasteiger partial charge in [-0.3, -0.25) is 9.89 Å². The fraction of sp³-hybridized carbons (Fsp3) is 0.133. The fourth-order valence-electron chi connectivity index (χ4n) is 2.14. The first-order valence-corrected chi connectivity index (χ1v) is 6.50. The van der Waals surface area contributed by atoms with Crippen molar-refractivity contribution >= 4 is 11.7 Å². The number of carbonyl (C=O) groups is 1. The number of amides is 1. The highest BCUT2D eigenvalue weighted by atomic mass is 16.5. The molecule has 0 saturated heterocycles. The van der Waals surface area contributed by atoms with Gasteiger partial charge in [-0.1, -0.05) is 35.5 Å². The normalized spacial score (nSPS) is 10.6. The Hall–Kier alpha value is -2.89. The highest BCUT2D eigenvalue weighted by Gasteiger charge is 2.18. The first kappa shape index (κ1) is 13.1. The molecule has 0 bridgehead atoms. The lowest BCUT2D eigenvalue weighted by molar-refractivity contribution is 0.102. The van der Waals surface area contributed by atoms with Gasteiger partial charge in [0.15, 0.2) is 5.82 Å². The van der Waals surface area contributed by atoms with Gasteiger partial charge < -0.3 is 9.84 Å². The maximum Gasteiger partial charge on any atom is 0.262 e. The third-order valence-electron chi connectivity index (χ3n) is 3.16. The molecule has 0 radical (unpaired) electrons. The summed E-state index contributed by atoms with van der Waals surface area (Å²) in [5, 5.41) is 13.5. The minimum Gasteiger partial charge on any atom is -0.361 e. The smallest absolute Gasteiger partial charge is 0.262 e. The number of aryl methyl sites for hydroxylation is 2. The van der Waals surface area contributed by atoms with Crippen molar-refractivity contribution < 1.29 is 9.32 Å². The maximum atomic E-state index is 12.2. The standard InChI is InChI=1S/C15H14N4O2/c1-9-14(10(2)21-19-9)15(20)16-13-8-12(17-18-13)11-6-4-3-5-7-11/h3-8H,1-2H3,(H2,16,17,18,20). The lowest BCUT2D eigenvalue weighted by Crippen LogP contribution is -2.13. The van der Waals surface area contributed by atoms with E-state index in [0.717, 1.165) is 11.3 Å². The summed E-state index contributed by atoms with van der Waals surface area (Å²) in [6.07, 6.45) is 0.